The maximum Gasteiger partial charge on any atom is 0.269 e. The topological polar surface area (TPSA) is 94.2 Å². The summed E-state index contributed by atoms with van der Waals surface area (Å²) in [4.78, 5) is 30.0. The van der Waals surface area contributed by atoms with Gasteiger partial charge < -0.3 is 4.90 Å². The molecule has 150 valence electrons. The summed E-state index contributed by atoms with van der Waals surface area (Å²) in [5.74, 6) is 2.05. The molecule has 1 aliphatic rings. The molecule has 1 unspecified atom stereocenters. The average Bonchev–Trinajstić information content (AvgIpc) is 2.98. The van der Waals surface area contributed by atoms with Crippen molar-refractivity contribution in [2.75, 3.05) is 13.1 Å². The lowest BCUT2D eigenvalue weighted by Gasteiger charge is -2.38. The van der Waals surface area contributed by atoms with Gasteiger partial charge in [0.2, 0.25) is 5.91 Å². The SMILES string of the molecule is Cc1nc(C)n(CC2CCCN(C(=O)C(C)(C)c3ccc([N+](=O)[O-])cc3)C2)n1. The third kappa shape index (κ3) is 4.05. The van der Waals surface area contributed by atoms with Gasteiger partial charge in [-0.3, -0.25) is 14.9 Å². The maximum absolute atomic E-state index is 13.3. The van der Waals surface area contributed by atoms with Gasteiger partial charge in [-0.1, -0.05) is 12.1 Å². The minimum absolute atomic E-state index is 0.0310. The molecule has 8 heteroatoms. The molecule has 0 radical (unpaired) electrons. The van der Waals surface area contributed by atoms with Crippen LogP contribution in [0.1, 0.15) is 43.9 Å². The lowest BCUT2D eigenvalue weighted by molar-refractivity contribution is -0.384. The number of amides is 1. The predicted octanol–water partition coefficient (Wildman–Crippen LogP) is 3.02. The first-order chi connectivity index (χ1) is 13.2. The summed E-state index contributed by atoms with van der Waals surface area (Å²) in [7, 11) is 0. The van der Waals surface area contributed by atoms with Crippen LogP contribution in [0.15, 0.2) is 24.3 Å². The molecule has 1 aliphatic heterocycles. The molecule has 0 aliphatic carbocycles. The fourth-order valence-corrected chi connectivity index (χ4v) is 3.90. The second-order valence-electron chi connectivity index (χ2n) is 8.08. The van der Waals surface area contributed by atoms with Crippen molar-refractivity contribution in [2.45, 2.75) is 52.5 Å². The maximum atomic E-state index is 13.3. The van der Waals surface area contributed by atoms with Gasteiger partial charge in [-0.2, -0.15) is 5.10 Å². The molecular formula is C20H27N5O3. The van der Waals surface area contributed by atoms with Crippen LogP contribution in [0.25, 0.3) is 0 Å². The van der Waals surface area contributed by atoms with Crippen LogP contribution in [0.2, 0.25) is 0 Å². The fourth-order valence-electron chi connectivity index (χ4n) is 3.90. The van der Waals surface area contributed by atoms with E-state index in [-0.39, 0.29) is 11.6 Å². The Hall–Kier alpha value is -2.77. The highest BCUT2D eigenvalue weighted by molar-refractivity contribution is 5.87. The first-order valence-electron chi connectivity index (χ1n) is 9.61. The van der Waals surface area contributed by atoms with E-state index in [9.17, 15) is 14.9 Å². The van der Waals surface area contributed by atoms with Crippen LogP contribution in [0.4, 0.5) is 5.69 Å². The minimum atomic E-state index is -0.739. The standard InChI is InChI=1S/C20H27N5O3/c1-14-21-15(2)24(22-14)13-16-6-5-11-23(12-16)19(26)20(3,4)17-7-9-18(10-8-17)25(27)28/h7-10,16H,5-6,11-13H2,1-4H3. The monoisotopic (exact) mass is 385 g/mol. The number of carbonyl (C=O) groups is 1. The van der Waals surface area contributed by atoms with Crippen LogP contribution in [0.5, 0.6) is 0 Å². The minimum Gasteiger partial charge on any atom is -0.342 e. The molecule has 2 aromatic rings. The third-order valence-corrected chi connectivity index (χ3v) is 5.53. The van der Waals surface area contributed by atoms with Gasteiger partial charge in [-0.15, -0.1) is 0 Å². The van der Waals surface area contributed by atoms with Crippen molar-refractivity contribution >= 4 is 11.6 Å². The molecule has 1 aromatic heterocycles. The molecule has 1 fully saturated rings. The Morgan fingerprint density at radius 2 is 1.96 bits per heavy atom. The molecule has 0 bridgehead atoms. The van der Waals surface area contributed by atoms with E-state index in [4.69, 9.17) is 0 Å². The van der Waals surface area contributed by atoms with E-state index < -0.39 is 10.3 Å². The van der Waals surface area contributed by atoms with Gasteiger partial charge in [0.05, 0.1) is 10.3 Å². The van der Waals surface area contributed by atoms with Crippen LogP contribution in [-0.2, 0) is 16.8 Å². The fraction of sp³-hybridized carbons (Fsp3) is 0.550. The van der Waals surface area contributed by atoms with Gasteiger partial charge in [0.1, 0.15) is 11.6 Å². The molecule has 28 heavy (non-hydrogen) atoms. The number of aryl methyl sites for hydroxylation is 2. The van der Waals surface area contributed by atoms with Crippen LogP contribution < -0.4 is 0 Å². The van der Waals surface area contributed by atoms with Crippen molar-refractivity contribution in [3.05, 3.63) is 51.6 Å². The molecule has 3 rings (SSSR count). The molecule has 0 saturated carbocycles. The number of rotatable bonds is 5. The Labute approximate surface area is 164 Å². The largest absolute Gasteiger partial charge is 0.342 e. The zero-order chi connectivity index (χ0) is 20.5. The summed E-state index contributed by atoms with van der Waals surface area (Å²) in [5, 5.41) is 15.3. The molecule has 1 aromatic carbocycles. The Balaban J connectivity index is 1.71. The second-order valence-corrected chi connectivity index (χ2v) is 8.08. The van der Waals surface area contributed by atoms with Crippen molar-refractivity contribution in [1.29, 1.82) is 0 Å². The summed E-state index contributed by atoms with van der Waals surface area (Å²) >= 11 is 0. The first kappa shape index (κ1) is 20.0. The van der Waals surface area contributed by atoms with E-state index in [0.717, 1.165) is 43.1 Å². The second kappa shape index (κ2) is 7.69. The van der Waals surface area contributed by atoms with E-state index in [0.29, 0.717) is 12.5 Å². The number of likely N-dealkylation sites (tertiary alicyclic amines) is 1. The summed E-state index contributed by atoms with van der Waals surface area (Å²) in [6, 6.07) is 6.27. The van der Waals surface area contributed by atoms with Gasteiger partial charge in [0, 0.05) is 31.8 Å². The van der Waals surface area contributed by atoms with Crippen LogP contribution in [0, 0.1) is 29.9 Å². The molecule has 1 saturated heterocycles. The molecular weight excluding hydrogens is 358 g/mol. The number of nitro groups is 1. The van der Waals surface area contributed by atoms with E-state index >= 15 is 0 Å². The van der Waals surface area contributed by atoms with E-state index in [2.05, 4.69) is 10.1 Å². The van der Waals surface area contributed by atoms with Gasteiger partial charge >= 0.3 is 0 Å². The Morgan fingerprint density at radius 1 is 1.29 bits per heavy atom. The Bertz CT molecular complexity index is 872. The number of carbonyl (C=O) groups excluding carboxylic acids is 1. The summed E-state index contributed by atoms with van der Waals surface area (Å²) in [6.45, 7) is 9.77. The number of aromatic nitrogens is 3. The molecule has 1 atom stereocenters. The van der Waals surface area contributed by atoms with Crippen LogP contribution in [0.3, 0.4) is 0 Å². The number of piperidine rings is 1. The third-order valence-electron chi connectivity index (χ3n) is 5.53. The molecule has 0 N–H and O–H groups in total. The summed E-state index contributed by atoms with van der Waals surface area (Å²) in [5.41, 5.74) is 0.0769. The lowest BCUT2D eigenvalue weighted by atomic mass is 9.82. The van der Waals surface area contributed by atoms with Crippen molar-refractivity contribution < 1.29 is 9.72 Å². The van der Waals surface area contributed by atoms with Gasteiger partial charge in [-0.05, 0) is 52.0 Å². The smallest absolute Gasteiger partial charge is 0.269 e. The predicted molar refractivity (Wildman–Crippen MR) is 105 cm³/mol. The number of benzene rings is 1. The zero-order valence-electron chi connectivity index (χ0n) is 16.9. The van der Waals surface area contributed by atoms with E-state index in [1.54, 1.807) is 12.1 Å². The normalized spacial score (nSPS) is 17.6. The summed E-state index contributed by atoms with van der Waals surface area (Å²) < 4.78 is 1.93. The molecule has 8 nitrogen and oxygen atoms in total. The van der Waals surface area contributed by atoms with E-state index in [1.165, 1.54) is 12.1 Å². The van der Waals surface area contributed by atoms with Gasteiger partial charge in [-0.25, -0.2) is 9.67 Å². The number of non-ortho nitro benzene ring substituents is 1. The summed E-state index contributed by atoms with van der Waals surface area (Å²) in [6.07, 6.45) is 2.01. The van der Waals surface area contributed by atoms with Crippen molar-refractivity contribution in [2.24, 2.45) is 5.92 Å². The highest BCUT2D eigenvalue weighted by atomic mass is 16.6. The van der Waals surface area contributed by atoms with E-state index in [1.807, 2.05) is 37.3 Å². The zero-order valence-corrected chi connectivity index (χ0v) is 16.9. The van der Waals surface area contributed by atoms with Crippen LogP contribution >= 0.6 is 0 Å². The quantitative estimate of drug-likeness (QED) is 0.582. The molecule has 2 heterocycles. The van der Waals surface area contributed by atoms with Crippen molar-refractivity contribution in [3.8, 4) is 0 Å². The highest BCUT2D eigenvalue weighted by Gasteiger charge is 2.36. The van der Waals surface area contributed by atoms with Crippen molar-refractivity contribution in [3.63, 3.8) is 0 Å². The number of hydrogen-bond acceptors (Lipinski definition) is 5. The van der Waals surface area contributed by atoms with Crippen molar-refractivity contribution in [1.82, 2.24) is 19.7 Å². The number of nitro benzene ring substituents is 1. The highest BCUT2D eigenvalue weighted by Crippen LogP contribution is 2.30. The lowest BCUT2D eigenvalue weighted by Crippen LogP contribution is -2.48. The number of hydrogen-bond donors (Lipinski definition) is 0. The average molecular weight is 385 g/mol. The first-order valence-corrected chi connectivity index (χ1v) is 9.61. The Kier molecular flexibility index (Phi) is 5.49. The van der Waals surface area contributed by atoms with Gasteiger partial charge in [0.15, 0.2) is 0 Å². The van der Waals surface area contributed by atoms with Crippen LogP contribution in [-0.4, -0.2) is 43.6 Å². The Morgan fingerprint density at radius 3 is 2.54 bits per heavy atom. The number of nitrogens with zero attached hydrogens (tertiary/aromatic N) is 5. The molecule has 1 amide bonds. The van der Waals surface area contributed by atoms with Gasteiger partial charge in [0.25, 0.3) is 5.69 Å². The molecule has 0 spiro atoms.